The topological polar surface area (TPSA) is 12.0 Å². The Labute approximate surface area is 130 Å². The van der Waals surface area contributed by atoms with Crippen molar-refractivity contribution in [2.45, 2.75) is 58.3 Å². The van der Waals surface area contributed by atoms with Gasteiger partial charge >= 0.3 is 0 Å². The molecule has 0 aromatic carbocycles. The number of rotatable bonds is 8. The lowest BCUT2D eigenvalue weighted by atomic mass is 9.78. The van der Waals surface area contributed by atoms with Crippen LogP contribution >= 0.6 is 27.3 Å². The molecule has 2 rings (SSSR count). The minimum atomic E-state index is 0.636. The van der Waals surface area contributed by atoms with Gasteiger partial charge in [-0.3, -0.25) is 0 Å². The molecule has 108 valence electrons. The van der Waals surface area contributed by atoms with E-state index in [1.807, 2.05) is 11.3 Å². The van der Waals surface area contributed by atoms with E-state index >= 15 is 0 Å². The van der Waals surface area contributed by atoms with Crippen LogP contribution in [0.15, 0.2) is 15.9 Å². The third-order valence-electron chi connectivity index (χ3n) is 4.45. The van der Waals surface area contributed by atoms with Gasteiger partial charge in [0.2, 0.25) is 0 Å². The molecule has 1 N–H and O–H groups in total. The molecule has 1 fully saturated rings. The molecule has 0 saturated heterocycles. The fourth-order valence-electron chi connectivity index (χ4n) is 3.28. The predicted octanol–water partition coefficient (Wildman–Crippen LogP) is 5.39. The highest BCUT2D eigenvalue weighted by Crippen LogP contribution is 2.45. The van der Waals surface area contributed by atoms with E-state index < -0.39 is 0 Å². The van der Waals surface area contributed by atoms with Crippen molar-refractivity contribution in [3.63, 3.8) is 0 Å². The average Bonchev–Trinajstić information content (AvgIpc) is 3.02. The molecule has 3 heteroatoms. The Bertz CT molecular complexity index is 369. The van der Waals surface area contributed by atoms with Crippen molar-refractivity contribution in [1.82, 2.24) is 5.32 Å². The summed E-state index contributed by atoms with van der Waals surface area (Å²) in [6, 6.07) is 4.47. The first kappa shape index (κ1) is 15.5. The summed E-state index contributed by atoms with van der Waals surface area (Å²) >= 11 is 5.47. The molecular formula is C16H26BrNS. The minimum Gasteiger partial charge on any atom is -0.317 e. The Morgan fingerprint density at radius 1 is 1.21 bits per heavy atom. The van der Waals surface area contributed by atoms with Gasteiger partial charge in [-0.25, -0.2) is 0 Å². The van der Waals surface area contributed by atoms with Gasteiger partial charge in [-0.2, -0.15) is 0 Å². The Kier molecular flexibility index (Phi) is 6.37. The van der Waals surface area contributed by atoms with Crippen LogP contribution in [-0.2, 0) is 6.42 Å². The highest BCUT2D eigenvalue weighted by Gasteiger charge is 2.32. The fourth-order valence-corrected chi connectivity index (χ4v) is 4.76. The van der Waals surface area contributed by atoms with Crippen LogP contribution in [0.2, 0.25) is 0 Å². The van der Waals surface area contributed by atoms with E-state index in [9.17, 15) is 0 Å². The molecule has 1 aromatic rings. The molecule has 0 atom stereocenters. The lowest BCUT2D eigenvalue weighted by Crippen LogP contribution is -2.25. The SMILES string of the molecule is CCCNCCC1(CCc2ccc(Br)s2)CCCC1. The summed E-state index contributed by atoms with van der Waals surface area (Å²) < 4.78 is 1.27. The van der Waals surface area contributed by atoms with Crippen LogP contribution in [0.5, 0.6) is 0 Å². The first-order valence-corrected chi connectivity index (χ1v) is 9.30. The Morgan fingerprint density at radius 2 is 2.00 bits per heavy atom. The van der Waals surface area contributed by atoms with Gasteiger partial charge in [-0.1, -0.05) is 19.8 Å². The maximum absolute atomic E-state index is 3.58. The summed E-state index contributed by atoms with van der Waals surface area (Å²) in [7, 11) is 0. The van der Waals surface area contributed by atoms with Crippen LogP contribution < -0.4 is 5.32 Å². The Balaban J connectivity index is 1.81. The van der Waals surface area contributed by atoms with Gasteiger partial charge in [-0.15, -0.1) is 11.3 Å². The summed E-state index contributed by atoms with van der Waals surface area (Å²) in [6.45, 7) is 4.63. The lowest BCUT2D eigenvalue weighted by molar-refractivity contribution is 0.246. The standard InChI is InChI=1S/C16H26BrNS/c1-2-12-18-13-11-16(8-3-4-9-16)10-7-14-5-6-15(17)19-14/h5-6,18H,2-4,7-13H2,1H3. The van der Waals surface area contributed by atoms with E-state index in [1.54, 1.807) is 4.88 Å². The van der Waals surface area contributed by atoms with Crippen LogP contribution in [-0.4, -0.2) is 13.1 Å². The molecule has 0 spiro atoms. The van der Waals surface area contributed by atoms with Crippen LogP contribution in [0.4, 0.5) is 0 Å². The highest BCUT2D eigenvalue weighted by molar-refractivity contribution is 9.11. The third-order valence-corrected chi connectivity index (χ3v) is 6.14. The van der Waals surface area contributed by atoms with E-state index in [1.165, 1.54) is 68.2 Å². The maximum Gasteiger partial charge on any atom is 0.0701 e. The summed E-state index contributed by atoms with van der Waals surface area (Å²) in [4.78, 5) is 1.54. The van der Waals surface area contributed by atoms with E-state index in [0.29, 0.717) is 5.41 Å². The first-order chi connectivity index (χ1) is 9.24. The second kappa shape index (κ2) is 7.80. The molecule has 1 heterocycles. The summed E-state index contributed by atoms with van der Waals surface area (Å²) in [5.74, 6) is 0. The zero-order chi connectivity index (χ0) is 13.6. The smallest absolute Gasteiger partial charge is 0.0701 e. The minimum absolute atomic E-state index is 0.636. The molecule has 0 unspecified atom stereocenters. The molecule has 1 aliphatic carbocycles. The fraction of sp³-hybridized carbons (Fsp3) is 0.750. The summed E-state index contributed by atoms with van der Waals surface area (Å²) in [6.07, 6.45) is 11.1. The number of aryl methyl sites for hydroxylation is 1. The van der Waals surface area contributed by atoms with E-state index in [0.717, 1.165) is 0 Å². The molecule has 1 aromatic heterocycles. The van der Waals surface area contributed by atoms with Crippen molar-refractivity contribution in [3.05, 3.63) is 20.8 Å². The second-order valence-electron chi connectivity index (χ2n) is 5.91. The number of thiophene rings is 1. The van der Waals surface area contributed by atoms with Crippen molar-refractivity contribution >= 4 is 27.3 Å². The maximum atomic E-state index is 3.58. The van der Waals surface area contributed by atoms with E-state index in [2.05, 4.69) is 40.3 Å². The number of halogens is 1. The van der Waals surface area contributed by atoms with Crippen LogP contribution in [0.1, 0.15) is 56.7 Å². The van der Waals surface area contributed by atoms with Crippen molar-refractivity contribution in [2.75, 3.05) is 13.1 Å². The second-order valence-corrected chi connectivity index (χ2v) is 8.46. The van der Waals surface area contributed by atoms with Gasteiger partial charge in [0.1, 0.15) is 0 Å². The van der Waals surface area contributed by atoms with Crippen molar-refractivity contribution in [3.8, 4) is 0 Å². The van der Waals surface area contributed by atoms with Crippen molar-refractivity contribution in [1.29, 1.82) is 0 Å². The molecule has 1 saturated carbocycles. The highest BCUT2D eigenvalue weighted by atomic mass is 79.9. The van der Waals surface area contributed by atoms with Crippen molar-refractivity contribution in [2.24, 2.45) is 5.41 Å². The molecule has 0 bridgehead atoms. The zero-order valence-corrected chi connectivity index (χ0v) is 14.4. The predicted molar refractivity (Wildman–Crippen MR) is 89.0 cm³/mol. The van der Waals surface area contributed by atoms with Crippen LogP contribution in [0.25, 0.3) is 0 Å². The summed E-state index contributed by atoms with van der Waals surface area (Å²) in [5.41, 5.74) is 0.636. The zero-order valence-electron chi connectivity index (χ0n) is 12.0. The Morgan fingerprint density at radius 3 is 2.63 bits per heavy atom. The van der Waals surface area contributed by atoms with E-state index in [4.69, 9.17) is 0 Å². The van der Waals surface area contributed by atoms with Gasteiger partial charge in [-0.05, 0) is 85.1 Å². The quantitative estimate of drug-likeness (QED) is 0.623. The Hall–Kier alpha value is 0.140. The summed E-state index contributed by atoms with van der Waals surface area (Å²) in [5, 5.41) is 3.58. The molecular weight excluding hydrogens is 318 g/mol. The molecule has 0 aliphatic heterocycles. The molecule has 0 amide bonds. The average molecular weight is 344 g/mol. The van der Waals surface area contributed by atoms with Gasteiger partial charge < -0.3 is 5.32 Å². The monoisotopic (exact) mass is 343 g/mol. The van der Waals surface area contributed by atoms with Gasteiger partial charge in [0.25, 0.3) is 0 Å². The number of hydrogen-bond donors (Lipinski definition) is 1. The third kappa shape index (κ3) is 4.87. The van der Waals surface area contributed by atoms with Crippen molar-refractivity contribution < 1.29 is 0 Å². The molecule has 1 aliphatic rings. The first-order valence-electron chi connectivity index (χ1n) is 7.69. The number of hydrogen-bond acceptors (Lipinski definition) is 2. The van der Waals surface area contributed by atoms with Gasteiger partial charge in [0.15, 0.2) is 0 Å². The largest absolute Gasteiger partial charge is 0.317 e. The molecule has 19 heavy (non-hydrogen) atoms. The molecule has 1 nitrogen and oxygen atoms in total. The van der Waals surface area contributed by atoms with Gasteiger partial charge in [0.05, 0.1) is 3.79 Å². The van der Waals surface area contributed by atoms with Gasteiger partial charge in [0, 0.05) is 4.88 Å². The molecule has 0 radical (unpaired) electrons. The number of nitrogens with one attached hydrogen (secondary N) is 1. The van der Waals surface area contributed by atoms with Crippen LogP contribution in [0.3, 0.4) is 0 Å². The normalized spacial score (nSPS) is 18.0. The van der Waals surface area contributed by atoms with Crippen LogP contribution in [0, 0.1) is 5.41 Å². The lowest BCUT2D eigenvalue weighted by Gasteiger charge is -2.29. The van der Waals surface area contributed by atoms with E-state index in [-0.39, 0.29) is 0 Å².